The number of aryl methyl sites for hydroxylation is 1. The number of halogens is 1. The van der Waals surface area contributed by atoms with E-state index >= 15 is 0 Å². The summed E-state index contributed by atoms with van der Waals surface area (Å²) in [7, 11) is 0. The van der Waals surface area contributed by atoms with Crippen molar-refractivity contribution in [3.8, 4) is 0 Å². The van der Waals surface area contributed by atoms with Crippen molar-refractivity contribution in [1.29, 1.82) is 0 Å². The van der Waals surface area contributed by atoms with Crippen molar-refractivity contribution >= 4 is 29.1 Å². The molecule has 0 aliphatic carbocycles. The molecule has 0 N–H and O–H groups in total. The second kappa shape index (κ2) is 4.42. The zero-order chi connectivity index (χ0) is 11.8. The zero-order valence-corrected chi connectivity index (χ0v) is 11.1. The van der Waals surface area contributed by atoms with E-state index in [1.807, 2.05) is 32.0 Å². The van der Waals surface area contributed by atoms with Crippen LogP contribution in [0.15, 0.2) is 18.2 Å². The number of rotatable bonds is 2. The highest BCUT2D eigenvalue weighted by Gasteiger charge is 2.38. The molecule has 3 heteroatoms. The summed E-state index contributed by atoms with van der Waals surface area (Å²) in [4.78, 5) is 12.4. The van der Waals surface area contributed by atoms with Gasteiger partial charge >= 0.3 is 0 Å². The summed E-state index contributed by atoms with van der Waals surface area (Å²) in [5, 5.41) is 0.582. The lowest BCUT2D eigenvalue weighted by Crippen LogP contribution is -2.28. The number of benzene rings is 1. The van der Waals surface area contributed by atoms with Gasteiger partial charge in [-0.1, -0.05) is 17.7 Å². The van der Waals surface area contributed by atoms with Gasteiger partial charge in [-0.05, 0) is 50.1 Å². The Labute approximate surface area is 106 Å². The summed E-state index contributed by atoms with van der Waals surface area (Å²) in [6.07, 6.45) is 2.08. The van der Waals surface area contributed by atoms with E-state index in [9.17, 15) is 4.79 Å². The molecule has 1 heterocycles. The first-order valence-corrected chi connectivity index (χ1v) is 6.84. The average Bonchev–Trinajstić information content (AvgIpc) is 2.66. The zero-order valence-electron chi connectivity index (χ0n) is 9.55. The topological polar surface area (TPSA) is 17.1 Å². The monoisotopic (exact) mass is 254 g/mol. The SMILES string of the molecule is Cc1ccc(C(=O)C2(C)CCCS2)c(Cl)c1. The van der Waals surface area contributed by atoms with Gasteiger partial charge in [-0.2, -0.15) is 0 Å². The number of hydrogen-bond acceptors (Lipinski definition) is 2. The molecule has 0 radical (unpaired) electrons. The minimum absolute atomic E-state index is 0.181. The molecule has 16 heavy (non-hydrogen) atoms. The maximum atomic E-state index is 12.4. The summed E-state index contributed by atoms with van der Waals surface area (Å²) in [5.41, 5.74) is 1.76. The van der Waals surface area contributed by atoms with Crippen LogP contribution in [0.5, 0.6) is 0 Å². The molecule has 1 atom stereocenters. The van der Waals surface area contributed by atoms with E-state index in [1.165, 1.54) is 0 Å². The highest BCUT2D eigenvalue weighted by atomic mass is 35.5. The van der Waals surface area contributed by atoms with Crippen LogP contribution in [0.2, 0.25) is 5.02 Å². The molecule has 1 saturated heterocycles. The first-order chi connectivity index (χ1) is 7.53. The Kier molecular flexibility index (Phi) is 3.32. The van der Waals surface area contributed by atoms with Crippen LogP contribution in [0, 0.1) is 6.92 Å². The molecule has 1 nitrogen and oxygen atoms in total. The van der Waals surface area contributed by atoms with Gasteiger partial charge in [0.15, 0.2) is 5.78 Å². The summed E-state index contributed by atoms with van der Waals surface area (Å²) >= 11 is 7.89. The minimum atomic E-state index is -0.265. The lowest BCUT2D eigenvalue weighted by atomic mass is 9.94. The molecule has 0 amide bonds. The molecule has 1 aromatic carbocycles. The van der Waals surface area contributed by atoms with Gasteiger partial charge < -0.3 is 0 Å². The van der Waals surface area contributed by atoms with Crippen LogP contribution in [0.1, 0.15) is 35.7 Å². The molecule has 1 unspecified atom stereocenters. The number of Topliss-reactive ketones (excluding diaryl/α,β-unsaturated/α-hetero) is 1. The molecule has 1 aromatic rings. The van der Waals surface area contributed by atoms with Crippen molar-refractivity contribution in [3.63, 3.8) is 0 Å². The van der Waals surface area contributed by atoms with Gasteiger partial charge in [0, 0.05) is 5.56 Å². The van der Waals surface area contributed by atoms with Crippen LogP contribution in [0.3, 0.4) is 0 Å². The Balaban J connectivity index is 2.33. The van der Waals surface area contributed by atoms with Gasteiger partial charge in [-0.25, -0.2) is 0 Å². The molecular weight excluding hydrogens is 240 g/mol. The molecule has 86 valence electrons. The Hall–Kier alpha value is -0.470. The quantitative estimate of drug-likeness (QED) is 0.739. The molecule has 1 aliphatic rings. The molecule has 0 aromatic heterocycles. The van der Waals surface area contributed by atoms with Gasteiger partial charge in [-0.15, -0.1) is 11.8 Å². The summed E-state index contributed by atoms with van der Waals surface area (Å²) in [6, 6.07) is 5.66. The summed E-state index contributed by atoms with van der Waals surface area (Å²) < 4.78 is -0.265. The van der Waals surface area contributed by atoms with Crippen LogP contribution >= 0.6 is 23.4 Å². The first-order valence-electron chi connectivity index (χ1n) is 5.48. The predicted octanol–water partition coefficient (Wildman–Crippen LogP) is 4.12. The van der Waals surface area contributed by atoms with Gasteiger partial charge in [0.25, 0.3) is 0 Å². The third kappa shape index (κ3) is 2.14. The van der Waals surface area contributed by atoms with Crippen molar-refractivity contribution < 1.29 is 4.79 Å². The number of carbonyl (C=O) groups excluding carboxylic acids is 1. The minimum Gasteiger partial charge on any atom is -0.293 e. The van der Waals surface area contributed by atoms with Gasteiger partial charge in [0.1, 0.15) is 0 Å². The van der Waals surface area contributed by atoms with E-state index < -0.39 is 0 Å². The van der Waals surface area contributed by atoms with Crippen molar-refractivity contribution in [1.82, 2.24) is 0 Å². The third-order valence-corrected chi connectivity index (χ3v) is 4.90. The van der Waals surface area contributed by atoms with E-state index in [2.05, 4.69) is 0 Å². The van der Waals surface area contributed by atoms with Gasteiger partial charge in [-0.3, -0.25) is 4.79 Å². The largest absolute Gasteiger partial charge is 0.293 e. The first kappa shape index (κ1) is 12.0. The van der Waals surface area contributed by atoms with Crippen LogP contribution < -0.4 is 0 Å². The van der Waals surface area contributed by atoms with Crippen molar-refractivity contribution in [3.05, 3.63) is 34.3 Å². The fourth-order valence-electron chi connectivity index (χ4n) is 2.05. The van der Waals surface area contributed by atoms with Crippen LogP contribution in [-0.4, -0.2) is 16.3 Å². The van der Waals surface area contributed by atoms with Crippen molar-refractivity contribution in [2.24, 2.45) is 0 Å². The summed E-state index contributed by atoms with van der Waals surface area (Å²) in [6.45, 7) is 4.01. The Morgan fingerprint density at radius 2 is 2.25 bits per heavy atom. The van der Waals surface area contributed by atoms with E-state index in [-0.39, 0.29) is 10.5 Å². The fraction of sp³-hybridized carbons (Fsp3) is 0.462. The van der Waals surface area contributed by atoms with Crippen molar-refractivity contribution in [2.45, 2.75) is 31.4 Å². The Bertz CT molecular complexity index is 422. The maximum absolute atomic E-state index is 12.4. The summed E-state index contributed by atoms with van der Waals surface area (Å²) in [5.74, 6) is 1.26. The molecule has 1 fully saturated rings. The molecule has 2 rings (SSSR count). The molecule has 1 aliphatic heterocycles. The average molecular weight is 255 g/mol. The van der Waals surface area contributed by atoms with E-state index in [0.717, 1.165) is 24.2 Å². The second-order valence-corrected chi connectivity index (χ2v) is 6.50. The predicted molar refractivity (Wildman–Crippen MR) is 70.6 cm³/mol. The maximum Gasteiger partial charge on any atom is 0.180 e. The highest BCUT2D eigenvalue weighted by molar-refractivity contribution is 8.01. The number of hydrogen-bond donors (Lipinski definition) is 0. The van der Waals surface area contributed by atoms with Gasteiger partial charge in [0.05, 0.1) is 9.77 Å². The third-order valence-electron chi connectivity index (χ3n) is 3.07. The lowest BCUT2D eigenvalue weighted by molar-refractivity contribution is 0.0949. The van der Waals surface area contributed by atoms with Gasteiger partial charge in [0.2, 0.25) is 0 Å². The van der Waals surface area contributed by atoms with E-state index in [1.54, 1.807) is 11.8 Å². The number of thioether (sulfide) groups is 1. The number of carbonyl (C=O) groups is 1. The van der Waals surface area contributed by atoms with Crippen LogP contribution in [0.4, 0.5) is 0 Å². The van der Waals surface area contributed by atoms with E-state index in [0.29, 0.717) is 10.6 Å². The fourth-order valence-corrected chi connectivity index (χ4v) is 3.64. The van der Waals surface area contributed by atoms with Crippen LogP contribution in [0.25, 0.3) is 0 Å². The normalized spacial score (nSPS) is 24.7. The molecule has 0 bridgehead atoms. The lowest BCUT2D eigenvalue weighted by Gasteiger charge is -2.21. The Morgan fingerprint density at radius 3 is 2.81 bits per heavy atom. The molecular formula is C13H15ClOS. The second-order valence-electron chi connectivity index (χ2n) is 4.50. The number of ketones is 1. The highest BCUT2D eigenvalue weighted by Crippen LogP contribution is 2.41. The Morgan fingerprint density at radius 1 is 1.50 bits per heavy atom. The molecule has 0 spiro atoms. The van der Waals surface area contributed by atoms with Crippen molar-refractivity contribution in [2.75, 3.05) is 5.75 Å². The smallest absolute Gasteiger partial charge is 0.180 e. The molecule has 0 saturated carbocycles. The van der Waals surface area contributed by atoms with Crippen LogP contribution in [-0.2, 0) is 0 Å². The standard InChI is InChI=1S/C13H15ClOS/c1-9-4-5-10(11(14)8-9)12(15)13(2)6-3-7-16-13/h4-5,8H,3,6-7H2,1-2H3. The van der Waals surface area contributed by atoms with E-state index in [4.69, 9.17) is 11.6 Å².